The lowest BCUT2D eigenvalue weighted by Crippen LogP contribution is -2.24. The largest absolute Gasteiger partial charge is 0.381 e. The fourth-order valence-corrected chi connectivity index (χ4v) is 3.84. The van der Waals surface area contributed by atoms with Crippen molar-refractivity contribution in [2.24, 2.45) is 5.92 Å². The fourth-order valence-electron chi connectivity index (χ4n) is 2.51. The van der Waals surface area contributed by atoms with E-state index in [4.69, 9.17) is 4.74 Å². The molecule has 1 aliphatic heterocycles. The molecule has 100 valence electrons. The van der Waals surface area contributed by atoms with Gasteiger partial charge in [-0.25, -0.2) is 0 Å². The third kappa shape index (κ3) is 4.05. The second-order valence-electron chi connectivity index (χ2n) is 4.84. The molecular formula is C14H19Br2NO. The van der Waals surface area contributed by atoms with E-state index >= 15 is 0 Å². The van der Waals surface area contributed by atoms with Gasteiger partial charge in [-0.2, -0.15) is 0 Å². The molecule has 0 radical (unpaired) electrons. The Hall–Kier alpha value is 0.1000. The van der Waals surface area contributed by atoms with Gasteiger partial charge in [-0.15, -0.1) is 0 Å². The minimum absolute atomic E-state index is 0.418. The first-order valence-electron chi connectivity index (χ1n) is 6.40. The maximum absolute atomic E-state index is 5.42. The van der Waals surface area contributed by atoms with Crippen molar-refractivity contribution < 1.29 is 4.74 Å². The van der Waals surface area contributed by atoms with Gasteiger partial charge in [-0.05, 0) is 56.0 Å². The number of rotatable bonds is 4. The summed E-state index contributed by atoms with van der Waals surface area (Å²) < 4.78 is 7.67. The second kappa shape index (κ2) is 7.04. The molecule has 2 rings (SSSR count). The summed E-state index contributed by atoms with van der Waals surface area (Å²) in [6, 6.07) is 6.89. The van der Waals surface area contributed by atoms with Gasteiger partial charge < -0.3 is 10.1 Å². The smallest absolute Gasteiger partial charge is 0.0468 e. The van der Waals surface area contributed by atoms with E-state index in [2.05, 4.69) is 55.4 Å². The molecule has 1 unspecified atom stereocenters. The van der Waals surface area contributed by atoms with Crippen LogP contribution in [0.15, 0.2) is 27.1 Å². The monoisotopic (exact) mass is 375 g/mol. The Morgan fingerprint density at radius 1 is 1.22 bits per heavy atom. The molecule has 2 nitrogen and oxygen atoms in total. The average molecular weight is 377 g/mol. The van der Waals surface area contributed by atoms with E-state index < -0.39 is 0 Å². The van der Waals surface area contributed by atoms with Gasteiger partial charge in [0.25, 0.3) is 0 Å². The Labute approximate surface area is 126 Å². The zero-order chi connectivity index (χ0) is 13.0. The lowest BCUT2D eigenvalue weighted by atomic mass is 9.89. The third-order valence-electron chi connectivity index (χ3n) is 3.55. The van der Waals surface area contributed by atoms with Crippen molar-refractivity contribution in [1.29, 1.82) is 0 Å². The Balaban J connectivity index is 2.06. The van der Waals surface area contributed by atoms with Crippen LogP contribution < -0.4 is 5.32 Å². The zero-order valence-electron chi connectivity index (χ0n) is 10.6. The predicted molar refractivity (Wildman–Crippen MR) is 81.8 cm³/mol. The van der Waals surface area contributed by atoms with Crippen LogP contribution >= 0.6 is 31.9 Å². The van der Waals surface area contributed by atoms with Crippen LogP contribution in [0.2, 0.25) is 0 Å². The molecule has 0 saturated carbocycles. The van der Waals surface area contributed by atoms with Crippen molar-refractivity contribution in [2.45, 2.75) is 25.3 Å². The minimum Gasteiger partial charge on any atom is -0.381 e. The molecule has 0 aliphatic carbocycles. The highest BCUT2D eigenvalue weighted by atomic mass is 79.9. The summed E-state index contributed by atoms with van der Waals surface area (Å²) >= 11 is 7.12. The van der Waals surface area contributed by atoms with Crippen LogP contribution in [-0.4, -0.2) is 20.3 Å². The molecule has 0 amide bonds. The van der Waals surface area contributed by atoms with Gasteiger partial charge in [0.1, 0.15) is 0 Å². The molecule has 1 heterocycles. The van der Waals surface area contributed by atoms with Crippen molar-refractivity contribution in [3.8, 4) is 0 Å². The van der Waals surface area contributed by atoms with Gasteiger partial charge in [0.2, 0.25) is 0 Å². The van der Waals surface area contributed by atoms with E-state index in [0.29, 0.717) is 6.04 Å². The predicted octanol–water partition coefficient (Wildman–Crippen LogP) is 4.29. The molecule has 1 saturated heterocycles. The fraction of sp³-hybridized carbons (Fsp3) is 0.571. The highest BCUT2D eigenvalue weighted by Crippen LogP contribution is 2.30. The van der Waals surface area contributed by atoms with Crippen LogP contribution in [-0.2, 0) is 4.74 Å². The zero-order valence-corrected chi connectivity index (χ0v) is 13.8. The van der Waals surface area contributed by atoms with Crippen LogP contribution in [0, 0.1) is 5.92 Å². The van der Waals surface area contributed by atoms with Crippen molar-refractivity contribution in [2.75, 3.05) is 20.3 Å². The number of ether oxygens (including phenoxy) is 1. The van der Waals surface area contributed by atoms with Gasteiger partial charge in [-0.3, -0.25) is 0 Å². The number of hydrogen-bond donors (Lipinski definition) is 1. The highest BCUT2D eigenvalue weighted by Gasteiger charge is 2.19. The summed E-state index contributed by atoms with van der Waals surface area (Å²) in [6.45, 7) is 1.84. The molecule has 18 heavy (non-hydrogen) atoms. The molecule has 1 aliphatic rings. The second-order valence-corrected chi connectivity index (χ2v) is 6.67. The van der Waals surface area contributed by atoms with Gasteiger partial charge >= 0.3 is 0 Å². The first-order valence-corrected chi connectivity index (χ1v) is 7.98. The summed E-state index contributed by atoms with van der Waals surface area (Å²) in [5.41, 5.74) is 1.34. The number of nitrogens with one attached hydrogen (secondary N) is 1. The maximum Gasteiger partial charge on any atom is 0.0468 e. The molecule has 0 bridgehead atoms. The molecule has 0 aromatic heterocycles. The lowest BCUT2D eigenvalue weighted by molar-refractivity contribution is 0.0608. The molecule has 0 spiro atoms. The Morgan fingerprint density at radius 2 is 1.83 bits per heavy atom. The summed E-state index contributed by atoms with van der Waals surface area (Å²) in [5, 5.41) is 3.44. The first kappa shape index (κ1) is 14.5. The minimum atomic E-state index is 0.418. The Kier molecular flexibility index (Phi) is 5.67. The molecular weight excluding hydrogens is 358 g/mol. The third-order valence-corrected chi connectivity index (χ3v) is 4.46. The van der Waals surface area contributed by atoms with Crippen molar-refractivity contribution in [3.63, 3.8) is 0 Å². The topological polar surface area (TPSA) is 21.3 Å². The lowest BCUT2D eigenvalue weighted by Gasteiger charge is -2.27. The van der Waals surface area contributed by atoms with E-state index in [0.717, 1.165) is 28.1 Å². The van der Waals surface area contributed by atoms with Gasteiger partial charge in [0, 0.05) is 28.2 Å². The van der Waals surface area contributed by atoms with Crippen molar-refractivity contribution in [3.05, 3.63) is 32.7 Å². The van der Waals surface area contributed by atoms with Crippen molar-refractivity contribution in [1.82, 2.24) is 5.32 Å². The van der Waals surface area contributed by atoms with Crippen molar-refractivity contribution >= 4 is 31.9 Å². The number of halogens is 2. The molecule has 1 atom stereocenters. The Bertz CT molecular complexity index is 371. The number of benzene rings is 1. The molecule has 1 aromatic rings. The summed E-state index contributed by atoms with van der Waals surface area (Å²) in [7, 11) is 2.04. The summed E-state index contributed by atoms with van der Waals surface area (Å²) in [5.74, 6) is 0.772. The van der Waals surface area contributed by atoms with Crippen LogP contribution in [0.25, 0.3) is 0 Å². The van der Waals surface area contributed by atoms with Gasteiger partial charge in [0.15, 0.2) is 0 Å². The summed E-state index contributed by atoms with van der Waals surface area (Å²) in [4.78, 5) is 0. The maximum atomic E-state index is 5.42. The van der Waals surface area contributed by atoms with Gasteiger partial charge in [-0.1, -0.05) is 31.9 Å². The SMILES string of the molecule is CNC(CC1CCOCC1)c1cc(Br)cc(Br)c1. The van der Waals surface area contributed by atoms with Crippen LogP contribution in [0.3, 0.4) is 0 Å². The quantitative estimate of drug-likeness (QED) is 0.846. The molecule has 1 aromatic carbocycles. The van der Waals surface area contributed by atoms with E-state index in [1.54, 1.807) is 0 Å². The van der Waals surface area contributed by atoms with Gasteiger partial charge in [0.05, 0.1) is 0 Å². The highest BCUT2D eigenvalue weighted by molar-refractivity contribution is 9.11. The molecule has 1 fully saturated rings. The average Bonchev–Trinajstić information content (AvgIpc) is 2.36. The summed E-state index contributed by atoms with van der Waals surface area (Å²) in [6.07, 6.45) is 3.56. The van der Waals surface area contributed by atoms with E-state index in [1.807, 2.05) is 7.05 Å². The number of hydrogen-bond acceptors (Lipinski definition) is 2. The van der Waals surface area contributed by atoms with Crippen LogP contribution in [0.1, 0.15) is 30.9 Å². The molecule has 1 N–H and O–H groups in total. The standard InChI is InChI=1S/C14H19Br2NO/c1-17-14(6-10-2-4-18-5-3-10)11-7-12(15)9-13(16)8-11/h7-10,14,17H,2-6H2,1H3. The van der Waals surface area contributed by atoms with E-state index in [1.165, 1.54) is 24.8 Å². The molecule has 4 heteroatoms. The Morgan fingerprint density at radius 3 is 2.39 bits per heavy atom. The van der Waals surface area contributed by atoms with Crippen LogP contribution in [0.5, 0.6) is 0 Å². The van der Waals surface area contributed by atoms with E-state index in [-0.39, 0.29) is 0 Å². The van der Waals surface area contributed by atoms with E-state index in [9.17, 15) is 0 Å². The normalized spacial score (nSPS) is 18.8. The van der Waals surface area contributed by atoms with Crippen LogP contribution in [0.4, 0.5) is 0 Å². The first-order chi connectivity index (χ1) is 8.69.